The van der Waals surface area contributed by atoms with Crippen LogP contribution in [0.15, 0.2) is 23.1 Å². The quantitative estimate of drug-likeness (QED) is 0.946. The van der Waals surface area contributed by atoms with Crippen LogP contribution in [0.5, 0.6) is 0 Å². The van der Waals surface area contributed by atoms with Gasteiger partial charge in [-0.15, -0.1) is 0 Å². The molecule has 3 rings (SSSR count). The van der Waals surface area contributed by atoms with Crippen molar-refractivity contribution < 1.29 is 18.7 Å². The second-order valence-corrected chi connectivity index (χ2v) is 5.45. The number of aromatic nitrogens is 1. The molecule has 21 heavy (non-hydrogen) atoms. The lowest BCUT2D eigenvalue weighted by atomic mass is 10.1. The number of rotatable bonds is 3. The number of halogens is 2. The number of carbonyl (C=O) groups is 1. The van der Waals surface area contributed by atoms with E-state index in [1.54, 1.807) is 4.57 Å². The normalized spacial score (nSPS) is 16.1. The van der Waals surface area contributed by atoms with Gasteiger partial charge in [0.2, 0.25) is 5.43 Å². The Hall–Kier alpha value is -2.24. The maximum Gasteiger partial charge on any atom is 0.341 e. The molecule has 0 aliphatic heterocycles. The highest BCUT2D eigenvalue weighted by atomic mass is 19.2. The number of carboxylic acid groups (broad SMARTS) is 1. The van der Waals surface area contributed by atoms with Crippen LogP contribution in [0.1, 0.15) is 36.2 Å². The van der Waals surface area contributed by atoms with E-state index >= 15 is 0 Å². The smallest absolute Gasteiger partial charge is 0.341 e. The fraction of sp³-hybridized carbons (Fsp3) is 0.333. The molecule has 1 N–H and O–H groups in total. The van der Waals surface area contributed by atoms with Crippen LogP contribution >= 0.6 is 0 Å². The Balaban J connectivity index is 2.38. The molecule has 1 aliphatic rings. The monoisotopic (exact) mass is 293 g/mol. The van der Waals surface area contributed by atoms with Gasteiger partial charge in [0.1, 0.15) is 5.56 Å². The van der Waals surface area contributed by atoms with Gasteiger partial charge >= 0.3 is 5.97 Å². The largest absolute Gasteiger partial charge is 0.477 e. The Bertz CT molecular complexity index is 809. The highest BCUT2D eigenvalue weighted by molar-refractivity contribution is 5.92. The first-order valence-corrected chi connectivity index (χ1v) is 6.67. The lowest BCUT2D eigenvalue weighted by Gasteiger charge is -2.19. The molecule has 0 radical (unpaired) electrons. The van der Waals surface area contributed by atoms with Crippen LogP contribution in [-0.4, -0.2) is 15.6 Å². The number of carboxylic acids is 1. The Morgan fingerprint density at radius 2 is 1.95 bits per heavy atom. The van der Waals surface area contributed by atoms with E-state index in [1.165, 1.54) is 6.20 Å². The SMILES string of the molecule is CC(C1CC1)n1cc(C(=O)O)c(=O)c2cc(F)c(F)cc21. The zero-order valence-electron chi connectivity index (χ0n) is 11.3. The third kappa shape index (κ3) is 2.20. The summed E-state index contributed by atoms with van der Waals surface area (Å²) in [6.45, 7) is 1.88. The second kappa shape index (κ2) is 4.65. The number of fused-ring (bicyclic) bond motifs is 1. The Morgan fingerprint density at radius 3 is 2.52 bits per heavy atom. The molecule has 0 spiro atoms. The molecule has 4 nitrogen and oxygen atoms in total. The summed E-state index contributed by atoms with van der Waals surface area (Å²) < 4.78 is 28.5. The van der Waals surface area contributed by atoms with Crippen molar-refractivity contribution in [2.24, 2.45) is 5.92 Å². The standard InChI is InChI=1S/C15H13F2NO3/c1-7(8-2-3-8)18-6-10(15(20)21)14(19)9-4-11(16)12(17)5-13(9)18/h4-8H,2-3H2,1H3,(H,20,21). The summed E-state index contributed by atoms with van der Waals surface area (Å²) in [6, 6.07) is 1.66. The summed E-state index contributed by atoms with van der Waals surface area (Å²) in [7, 11) is 0. The van der Waals surface area contributed by atoms with E-state index in [-0.39, 0.29) is 16.9 Å². The van der Waals surface area contributed by atoms with Gasteiger partial charge in [-0.25, -0.2) is 13.6 Å². The van der Waals surface area contributed by atoms with Crippen molar-refractivity contribution in [3.8, 4) is 0 Å². The summed E-state index contributed by atoms with van der Waals surface area (Å²) >= 11 is 0. The van der Waals surface area contributed by atoms with Crippen molar-refractivity contribution in [2.45, 2.75) is 25.8 Å². The van der Waals surface area contributed by atoms with Gasteiger partial charge in [0.15, 0.2) is 11.6 Å². The highest BCUT2D eigenvalue weighted by Crippen LogP contribution is 2.40. The molecular weight excluding hydrogens is 280 g/mol. The molecule has 1 heterocycles. The third-order valence-corrected chi connectivity index (χ3v) is 4.05. The van der Waals surface area contributed by atoms with Gasteiger partial charge in [-0.05, 0) is 31.7 Å². The molecule has 110 valence electrons. The van der Waals surface area contributed by atoms with Crippen molar-refractivity contribution >= 4 is 16.9 Å². The van der Waals surface area contributed by atoms with Crippen molar-refractivity contribution in [2.75, 3.05) is 0 Å². The summed E-state index contributed by atoms with van der Waals surface area (Å²) in [6.07, 6.45) is 3.23. The summed E-state index contributed by atoms with van der Waals surface area (Å²) in [5.74, 6) is -3.22. The summed E-state index contributed by atoms with van der Waals surface area (Å²) in [5, 5.41) is 9.02. The zero-order chi connectivity index (χ0) is 15.3. The van der Waals surface area contributed by atoms with Crippen molar-refractivity contribution in [3.63, 3.8) is 0 Å². The number of pyridine rings is 1. The molecule has 0 bridgehead atoms. The molecule has 1 atom stereocenters. The van der Waals surface area contributed by atoms with Gasteiger partial charge in [-0.2, -0.15) is 0 Å². The molecule has 1 aliphatic carbocycles. The predicted octanol–water partition coefficient (Wildman–Crippen LogP) is 2.95. The predicted molar refractivity (Wildman–Crippen MR) is 72.5 cm³/mol. The highest BCUT2D eigenvalue weighted by Gasteiger charge is 2.30. The fourth-order valence-electron chi connectivity index (χ4n) is 2.64. The maximum absolute atomic E-state index is 13.5. The topological polar surface area (TPSA) is 59.3 Å². The summed E-state index contributed by atoms with van der Waals surface area (Å²) in [4.78, 5) is 23.3. The van der Waals surface area contributed by atoms with Gasteiger partial charge in [-0.3, -0.25) is 4.79 Å². The molecular formula is C15H13F2NO3. The minimum Gasteiger partial charge on any atom is -0.477 e. The Kier molecular flexibility index (Phi) is 3.04. The molecule has 6 heteroatoms. The van der Waals surface area contributed by atoms with E-state index in [9.17, 15) is 18.4 Å². The van der Waals surface area contributed by atoms with E-state index in [0.717, 1.165) is 25.0 Å². The van der Waals surface area contributed by atoms with E-state index in [0.29, 0.717) is 5.92 Å². The number of hydrogen-bond acceptors (Lipinski definition) is 2. The van der Waals surface area contributed by atoms with Crippen LogP contribution < -0.4 is 5.43 Å². The fourth-order valence-corrected chi connectivity index (χ4v) is 2.64. The van der Waals surface area contributed by atoms with Crippen LogP contribution in [0.3, 0.4) is 0 Å². The van der Waals surface area contributed by atoms with E-state index in [2.05, 4.69) is 0 Å². The first-order valence-electron chi connectivity index (χ1n) is 6.67. The molecule has 1 aromatic heterocycles. The second-order valence-electron chi connectivity index (χ2n) is 5.45. The van der Waals surface area contributed by atoms with Crippen molar-refractivity contribution in [3.05, 3.63) is 45.8 Å². The maximum atomic E-state index is 13.5. The number of nitrogens with zero attached hydrogens (tertiary/aromatic N) is 1. The van der Waals surface area contributed by atoms with Gasteiger partial charge in [-0.1, -0.05) is 0 Å². The van der Waals surface area contributed by atoms with Crippen molar-refractivity contribution in [1.29, 1.82) is 0 Å². The average Bonchev–Trinajstić information content (AvgIpc) is 3.25. The third-order valence-electron chi connectivity index (χ3n) is 4.05. The Morgan fingerprint density at radius 1 is 1.33 bits per heavy atom. The first-order chi connectivity index (χ1) is 9.90. The molecule has 1 fully saturated rings. The van der Waals surface area contributed by atoms with Gasteiger partial charge < -0.3 is 9.67 Å². The van der Waals surface area contributed by atoms with Crippen molar-refractivity contribution in [1.82, 2.24) is 4.57 Å². The summed E-state index contributed by atoms with van der Waals surface area (Å²) in [5.41, 5.74) is -1.00. The minimum atomic E-state index is -1.37. The molecule has 1 unspecified atom stereocenters. The number of hydrogen-bond donors (Lipinski definition) is 1. The van der Waals surface area contributed by atoms with Gasteiger partial charge in [0, 0.05) is 23.7 Å². The Labute approximate surface area is 118 Å². The number of benzene rings is 1. The lowest BCUT2D eigenvalue weighted by molar-refractivity contribution is 0.0694. The van der Waals surface area contributed by atoms with Crippen LogP contribution in [-0.2, 0) is 0 Å². The molecule has 2 aromatic rings. The zero-order valence-corrected chi connectivity index (χ0v) is 11.3. The van der Waals surface area contributed by atoms with Crippen LogP contribution in [0.4, 0.5) is 8.78 Å². The lowest BCUT2D eigenvalue weighted by Crippen LogP contribution is -2.21. The van der Waals surface area contributed by atoms with Gasteiger partial charge in [0.25, 0.3) is 0 Å². The van der Waals surface area contributed by atoms with E-state index < -0.39 is 28.6 Å². The van der Waals surface area contributed by atoms with E-state index in [4.69, 9.17) is 5.11 Å². The first kappa shape index (κ1) is 13.7. The van der Waals surface area contributed by atoms with Gasteiger partial charge in [0.05, 0.1) is 5.52 Å². The molecule has 0 saturated heterocycles. The molecule has 0 amide bonds. The van der Waals surface area contributed by atoms with E-state index in [1.807, 2.05) is 6.92 Å². The van der Waals surface area contributed by atoms with Crippen LogP contribution in [0, 0.1) is 17.6 Å². The van der Waals surface area contributed by atoms with Crippen LogP contribution in [0.25, 0.3) is 10.9 Å². The number of aromatic carboxylic acids is 1. The van der Waals surface area contributed by atoms with Crippen LogP contribution in [0.2, 0.25) is 0 Å². The molecule has 1 aromatic carbocycles. The minimum absolute atomic E-state index is 0.0731. The average molecular weight is 293 g/mol. The molecule has 1 saturated carbocycles.